The molecular formula is C19H18N4O3S. The first-order valence-corrected chi connectivity index (χ1v) is 8.91. The Morgan fingerprint density at radius 1 is 1.33 bits per heavy atom. The molecule has 1 aliphatic heterocycles. The van der Waals surface area contributed by atoms with Crippen LogP contribution in [0.4, 0.5) is 5.69 Å². The number of furan rings is 1. The first-order valence-electron chi connectivity index (χ1n) is 8.50. The highest BCUT2D eigenvalue weighted by Crippen LogP contribution is 2.23. The van der Waals surface area contributed by atoms with Crippen molar-refractivity contribution in [3.8, 4) is 0 Å². The standard InChI is InChI=1S/C19H18N4O3S/c1-22-18(25)16(23(19(22)27)11-14-3-2-8-26-14)10-17(24)21-13-5-4-12-6-7-20-15(12)9-13/h2-9,16,20H,10-11H2,1H3,(H,21,24). The van der Waals surface area contributed by atoms with Gasteiger partial charge in [-0.15, -0.1) is 0 Å². The Morgan fingerprint density at radius 2 is 2.19 bits per heavy atom. The minimum absolute atomic E-state index is 0.00673. The van der Waals surface area contributed by atoms with Crippen LogP contribution in [0.25, 0.3) is 10.9 Å². The molecule has 1 saturated heterocycles. The van der Waals surface area contributed by atoms with Crippen LogP contribution < -0.4 is 5.32 Å². The summed E-state index contributed by atoms with van der Waals surface area (Å²) < 4.78 is 5.36. The molecule has 1 aliphatic rings. The van der Waals surface area contributed by atoms with E-state index in [1.807, 2.05) is 36.5 Å². The highest BCUT2D eigenvalue weighted by molar-refractivity contribution is 7.80. The second kappa shape index (κ2) is 6.88. The van der Waals surface area contributed by atoms with Gasteiger partial charge in [0, 0.05) is 24.4 Å². The molecule has 1 atom stereocenters. The number of benzene rings is 1. The van der Waals surface area contributed by atoms with Gasteiger partial charge in [0.25, 0.3) is 5.91 Å². The number of nitrogens with zero attached hydrogens (tertiary/aromatic N) is 2. The molecule has 8 heteroatoms. The van der Waals surface area contributed by atoms with Crippen LogP contribution >= 0.6 is 12.2 Å². The van der Waals surface area contributed by atoms with Crippen molar-refractivity contribution in [1.29, 1.82) is 0 Å². The third-order valence-corrected chi connectivity index (χ3v) is 5.16. The van der Waals surface area contributed by atoms with Gasteiger partial charge in [0.1, 0.15) is 11.8 Å². The lowest BCUT2D eigenvalue weighted by atomic mass is 10.1. The fourth-order valence-corrected chi connectivity index (χ4v) is 3.52. The Kier molecular flexibility index (Phi) is 4.41. The van der Waals surface area contributed by atoms with Crippen LogP contribution in [0.1, 0.15) is 12.2 Å². The normalized spacial score (nSPS) is 17.1. The number of thiocarbonyl (C=S) groups is 1. The molecule has 4 rings (SSSR count). The zero-order valence-corrected chi connectivity index (χ0v) is 15.5. The molecule has 0 saturated carbocycles. The van der Waals surface area contributed by atoms with Gasteiger partial charge in [0.15, 0.2) is 5.11 Å². The van der Waals surface area contributed by atoms with E-state index < -0.39 is 6.04 Å². The molecule has 1 aromatic carbocycles. The Labute approximate surface area is 160 Å². The van der Waals surface area contributed by atoms with Gasteiger partial charge in [0.2, 0.25) is 5.91 Å². The fourth-order valence-electron chi connectivity index (χ4n) is 3.24. The van der Waals surface area contributed by atoms with Crippen molar-refractivity contribution in [1.82, 2.24) is 14.8 Å². The average Bonchev–Trinajstić information content (AvgIpc) is 3.36. The van der Waals surface area contributed by atoms with Crippen molar-refractivity contribution in [2.45, 2.75) is 19.0 Å². The largest absolute Gasteiger partial charge is 0.467 e. The molecule has 3 aromatic rings. The summed E-state index contributed by atoms with van der Waals surface area (Å²) in [6, 6.07) is 10.5. The maximum Gasteiger partial charge on any atom is 0.251 e. The smallest absolute Gasteiger partial charge is 0.251 e. The molecule has 3 heterocycles. The number of carbonyl (C=O) groups excluding carboxylic acids is 2. The van der Waals surface area contributed by atoms with Crippen molar-refractivity contribution in [2.75, 3.05) is 12.4 Å². The van der Waals surface area contributed by atoms with Crippen molar-refractivity contribution in [2.24, 2.45) is 0 Å². The van der Waals surface area contributed by atoms with Crippen molar-refractivity contribution in [3.63, 3.8) is 0 Å². The Balaban J connectivity index is 1.48. The molecule has 0 aliphatic carbocycles. The monoisotopic (exact) mass is 382 g/mol. The number of H-pyrrole nitrogens is 1. The molecular weight excluding hydrogens is 364 g/mol. The minimum Gasteiger partial charge on any atom is -0.467 e. The Morgan fingerprint density at radius 3 is 2.96 bits per heavy atom. The average molecular weight is 382 g/mol. The summed E-state index contributed by atoms with van der Waals surface area (Å²) in [5.41, 5.74) is 1.61. The van der Waals surface area contributed by atoms with E-state index in [9.17, 15) is 9.59 Å². The summed E-state index contributed by atoms with van der Waals surface area (Å²) in [5, 5.41) is 4.31. The lowest BCUT2D eigenvalue weighted by Gasteiger charge is -2.22. The number of hydrogen-bond acceptors (Lipinski definition) is 4. The van der Waals surface area contributed by atoms with Crippen molar-refractivity contribution in [3.05, 3.63) is 54.6 Å². The van der Waals surface area contributed by atoms with E-state index in [1.54, 1.807) is 24.3 Å². The second-order valence-electron chi connectivity index (χ2n) is 6.43. The van der Waals surface area contributed by atoms with E-state index in [2.05, 4.69) is 10.3 Å². The fraction of sp³-hybridized carbons (Fsp3) is 0.211. The van der Waals surface area contributed by atoms with Gasteiger partial charge in [-0.1, -0.05) is 6.07 Å². The van der Waals surface area contributed by atoms with Gasteiger partial charge >= 0.3 is 0 Å². The third-order valence-electron chi connectivity index (χ3n) is 4.65. The number of anilines is 1. The highest BCUT2D eigenvalue weighted by atomic mass is 32.1. The predicted molar refractivity (Wildman–Crippen MR) is 105 cm³/mol. The zero-order chi connectivity index (χ0) is 19.0. The highest BCUT2D eigenvalue weighted by Gasteiger charge is 2.41. The summed E-state index contributed by atoms with van der Waals surface area (Å²) >= 11 is 5.37. The van der Waals surface area contributed by atoms with Gasteiger partial charge in [-0.05, 0) is 47.9 Å². The first-order chi connectivity index (χ1) is 13.0. The number of aromatic nitrogens is 1. The molecule has 2 N–H and O–H groups in total. The predicted octanol–water partition coefficient (Wildman–Crippen LogP) is 2.72. The summed E-state index contributed by atoms with van der Waals surface area (Å²) in [6.45, 7) is 0.342. The molecule has 7 nitrogen and oxygen atoms in total. The lowest BCUT2D eigenvalue weighted by molar-refractivity contribution is -0.130. The number of carbonyl (C=O) groups is 2. The maximum atomic E-state index is 12.6. The number of fused-ring (bicyclic) bond motifs is 1. The van der Waals surface area contributed by atoms with Gasteiger partial charge in [0.05, 0.1) is 19.2 Å². The molecule has 138 valence electrons. The van der Waals surface area contributed by atoms with Crippen LogP contribution in [0.15, 0.2) is 53.3 Å². The SMILES string of the molecule is CN1C(=O)C(CC(=O)Nc2ccc3cc[nH]c3c2)N(Cc2ccco2)C1=S. The maximum absolute atomic E-state index is 12.6. The molecule has 2 amide bonds. The van der Waals surface area contributed by atoms with Crippen LogP contribution in [0, 0.1) is 0 Å². The molecule has 1 unspecified atom stereocenters. The summed E-state index contributed by atoms with van der Waals surface area (Å²) in [5.74, 6) is 0.242. The number of nitrogens with one attached hydrogen (secondary N) is 2. The van der Waals surface area contributed by atoms with Crippen LogP contribution in [0.3, 0.4) is 0 Å². The number of aromatic amines is 1. The molecule has 1 fully saturated rings. The van der Waals surface area contributed by atoms with E-state index in [0.29, 0.717) is 23.1 Å². The Hall–Kier alpha value is -3.13. The quantitative estimate of drug-likeness (QED) is 0.663. The van der Waals surface area contributed by atoms with Crippen LogP contribution in [0.2, 0.25) is 0 Å². The molecule has 0 bridgehead atoms. The second-order valence-corrected chi connectivity index (χ2v) is 6.80. The molecule has 27 heavy (non-hydrogen) atoms. The van der Waals surface area contributed by atoms with Gasteiger partial charge < -0.3 is 19.6 Å². The minimum atomic E-state index is -0.651. The topological polar surface area (TPSA) is 81.6 Å². The third kappa shape index (κ3) is 3.31. The van der Waals surface area contributed by atoms with Crippen molar-refractivity contribution < 1.29 is 14.0 Å². The number of hydrogen-bond donors (Lipinski definition) is 2. The first kappa shape index (κ1) is 17.3. The van der Waals surface area contributed by atoms with Gasteiger partial charge in [-0.2, -0.15) is 0 Å². The molecule has 0 spiro atoms. The van der Waals surface area contributed by atoms with Crippen LogP contribution in [0.5, 0.6) is 0 Å². The van der Waals surface area contributed by atoms with Crippen LogP contribution in [-0.4, -0.2) is 44.8 Å². The number of likely N-dealkylation sites (N-methyl/N-ethyl adjacent to an activating group) is 1. The van der Waals surface area contributed by atoms with E-state index in [-0.39, 0.29) is 18.2 Å². The van der Waals surface area contributed by atoms with Gasteiger partial charge in [-0.3, -0.25) is 14.5 Å². The molecule has 0 radical (unpaired) electrons. The summed E-state index contributed by atoms with van der Waals surface area (Å²) in [7, 11) is 1.62. The van der Waals surface area contributed by atoms with Crippen LogP contribution in [-0.2, 0) is 16.1 Å². The van der Waals surface area contributed by atoms with E-state index in [1.165, 1.54) is 4.90 Å². The summed E-state index contributed by atoms with van der Waals surface area (Å²) in [4.78, 5) is 31.4. The van der Waals surface area contributed by atoms with E-state index in [4.69, 9.17) is 16.6 Å². The number of amides is 2. The van der Waals surface area contributed by atoms with Crippen molar-refractivity contribution >= 4 is 45.7 Å². The van der Waals surface area contributed by atoms with E-state index in [0.717, 1.165) is 10.9 Å². The van der Waals surface area contributed by atoms with E-state index >= 15 is 0 Å². The molecule has 2 aromatic heterocycles. The summed E-state index contributed by atoms with van der Waals surface area (Å²) in [6.07, 6.45) is 3.42. The lowest BCUT2D eigenvalue weighted by Crippen LogP contribution is -2.37. The van der Waals surface area contributed by atoms with Gasteiger partial charge in [-0.25, -0.2) is 0 Å². The number of rotatable bonds is 5. The Bertz CT molecular complexity index is 1010. The zero-order valence-electron chi connectivity index (χ0n) is 14.6.